The summed E-state index contributed by atoms with van der Waals surface area (Å²) in [5.41, 5.74) is 0. The summed E-state index contributed by atoms with van der Waals surface area (Å²) in [6.07, 6.45) is 1.56. The van der Waals surface area contributed by atoms with Crippen molar-refractivity contribution < 1.29 is 18.7 Å². The van der Waals surface area contributed by atoms with E-state index in [1.165, 1.54) is 0 Å². The highest BCUT2D eigenvalue weighted by Gasteiger charge is 2.26. The van der Waals surface area contributed by atoms with Crippen LogP contribution in [-0.4, -0.2) is 42.0 Å². The van der Waals surface area contributed by atoms with Crippen molar-refractivity contribution in [3.63, 3.8) is 0 Å². The minimum atomic E-state index is -0.427. The van der Waals surface area contributed by atoms with Gasteiger partial charge < -0.3 is 14.5 Å². The molecule has 21 heavy (non-hydrogen) atoms. The molecule has 1 aromatic rings. The van der Waals surface area contributed by atoms with Gasteiger partial charge in [0.05, 0.1) is 32.0 Å². The molecule has 1 rings (SSSR count). The summed E-state index contributed by atoms with van der Waals surface area (Å²) in [7, 11) is 0. The van der Waals surface area contributed by atoms with Crippen LogP contribution in [0.1, 0.15) is 33.5 Å². The van der Waals surface area contributed by atoms with Gasteiger partial charge in [-0.1, -0.05) is 0 Å². The minimum Gasteiger partial charge on any atom is -0.467 e. The van der Waals surface area contributed by atoms with E-state index >= 15 is 0 Å². The number of rotatable bonds is 8. The number of carbonyl (C=O) groups excluding carboxylic acids is 2. The molecule has 0 aromatic carbocycles. The van der Waals surface area contributed by atoms with Crippen molar-refractivity contribution >= 4 is 11.9 Å². The van der Waals surface area contributed by atoms with Crippen molar-refractivity contribution in [3.8, 4) is 0 Å². The number of amides is 1. The molecule has 0 aliphatic rings. The van der Waals surface area contributed by atoms with E-state index in [-0.39, 0.29) is 24.5 Å². The number of esters is 1. The zero-order valence-electron chi connectivity index (χ0n) is 13.1. The maximum absolute atomic E-state index is 12.2. The van der Waals surface area contributed by atoms with E-state index in [2.05, 4.69) is 5.32 Å². The van der Waals surface area contributed by atoms with Gasteiger partial charge in [0.25, 0.3) is 0 Å². The van der Waals surface area contributed by atoms with Gasteiger partial charge in [-0.05, 0) is 39.8 Å². The molecule has 1 atom stereocenters. The molecule has 0 radical (unpaired) electrons. The van der Waals surface area contributed by atoms with Gasteiger partial charge >= 0.3 is 5.97 Å². The van der Waals surface area contributed by atoms with Crippen LogP contribution in [0, 0.1) is 0 Å². The lowest BCUT2D eigenvalue weighted by Crippen LogP contribution is -2.50. The lowest BCUT2D eigenvalue weighted by molar-refractivity contribution is -0.146. The number of hydrogen-bond acceptors (Lipinski definition) is 5. The first kappa shape index (κ1) is 17.2. The standard InChI is InChI=1S/C15H24N2O4/c1-5-20-14(18)10-17(11(2)3)12(4)15(19)16-9-13-7-6-8-21-13/h6-8,11-12H,5,9-10H2,1-4H3,(H,16,19). The van der Waals surface area contributed by atoms with Gasteiger partial charge in [-0.2, -0.15) is 0 Å². The number of nitrogens with one attached hydrogen (secondary N) is 1. The van der Waals surface area contributed by atoms with Crippen LogP contribution < -0.4 is 5.32 Å². The van der Waals surface area contributed by atoms with Crippen molar-refractivity contribution in [2.45, 2.75) is 46.3 Å². The third-order valence-electron chi connectivity index (χ3n) is 3.17. The predicted octanol–water partition coefficient (Wildman–Crippen LogP) is 1.56. The molecule has 1 N–H and O–H groups in total. The molecule has 0 fully saturated rings. The second-order valence-electron chi connectivity index (χ2n) is 5.04. The molecule has 118 valence electrons. The Morgan fingerprint density at radius 1 is 1.38 bits per heavy atom. The smallest absolute Gasteiger partial charge is 0.320 e. The van der Waals surface area contributed by atoms with Gasteiger partial charge in [0.2, 0.25) is 5.91 Å². The maximum atomic E-state index is 12.2. The molecule has 0 bridgehead atoms. The molecule has 1 aromatic heterocycles. The predicted molar refractivity (Wildman–Crippen MR) is 78.5 cm³/mol. The van der Waals surface area contributed by atoms with Crippen LogP contribution >= 0.6 is 0 Å². The van der Waals surface area contributed by atoms with Gasteiger partial charge in [0, 0.05) is 6.04 Å². The summed E-state index contributed by atoms with van der Waals surface area (Å²) in [5, 5.41) is 2.80. The Hall–Kier alpha value is -1.82. The van der Waals surface area contributed by atoms with Crippen molar-refractivity contribution in [1.82, 2.24) is 10.2 Å². The molecule has 6 nitrogen and oxygen atoms in total. The first-order valence-electron chi connectivity index (χ1n) is 7.17. The highest BCUT2D eigenvalue weighted by molar-refractivity contribution is 5.82. The Bertz CT molecular complexity index is 443. The molecule has 1 amide bonds. The summed E-state index contributed by atoms with van der Waals surface area (Å²) in [5.74, 6) is 0.221. The SMILES string of the molecule is CCOC(=O)CN(C(C)C)C(C)C(=O)NCc1ccco1. The highest BCUT2D eigenvalue weighted by atomic mass is 16.5. The lowest BCUT2D eigenvalue weighted by atomic mass is 10.2. The van der Waals surface area contributed by atoms with E-state index in [1.54, 1.807) is 37.1 Å². The average Bonchev–Trinajstić information content (AvgIpc) is 2.94. The number of ether oxygens (including phenoxy) is 1. The Labute approximate surface area is 125 Å². The van der Waals surface area contributed by atoms with Crippen molar-refractivity contribution in [1.29, 1.82) is 0 Å². The van der Waals surface area contributed by atoms with E-state index in [0.29, 0.717) is 18.9 Å². The van der Waals surface area contributed by atoms with Crippen molar-refractivity contribution in [3.05, 3.63) is 24.2 Å². The summed E-state index contributed by atoms with van der Waals surface area (Å²) < 4.78 is 10.1. The second-order valence-corrected chi connectivity index (χ2v) is 5.04. The molecule has 0 saturated carbocycles. The van der Waals surface area contributed by atoms with Crippen LogP contribution in [0.15, 0.2) is 22.8 Å². The number of nitrogens with zero attached hydrogens (tertiary/aromatic N) is 1. The molecule has 0 saturated heterocycles. The quantitative estimate of drug-likeness (QED) is 0.737. The van der Waals surface area contributed by atoms with Gasteiger partial charge in [-0.15, -0.1) is 0 Å². The largest absolute Gasteiger partial charge is 0.467 e. The third kappa shape index (κ3) is 5.59. The summed E-state index contributed by atoms with van der Waals surface area (Å²) in [4.78, 5) is 25.6. The summed E-state index contributed by atoms with van der Waals surface area (Å²) in [6, 6.07) is 3.19. The van der Waals surface area contributed by atoms with Crippen LogP contribution in [0.4, 0.5) is 0 Å². The van der Waals surface area contributed by atoms with E-state index in [1.807, 2.05) is 13.8 Å². The molecular formula is C15H24N2O4. The first-order valence-corrected chi connectivity index (χ1v) is 7.17. The van der Waals surface area contributed by atoms with Gasteiger partial charge in [0.15, 0.2) is 0 Å². The van der Waals surface area contributed by atoms with Gasteiger partial charge in [-0.3, -0.25) is 14.5 Å². The Morgan fingerprint density at radius 3 is 2.62 bits per heavy atom. The zero-order chi connectivity index (χ0) is 15.8. The lowest BCUT2D eigenvalue weighted by Gasteiger charge is -2.30. The van der Waals surface area contributed by atoms with Gasteiger partial charge in [-0.25, -0.2) is 0 Å². The molecule has 1 unspecified atom stereocenters. The van der Waals surface area contributed by atoms with E-state index < -0.39 is 6.04 Å². The third-order valence-corrected chi connectivity index (χ3v) is 3.17. The molecule has 0 aliphatic carbocycles. The van der Waals surface area contributed by atoms with Crippen molar-refractivity contribution in [2.75, 3.05) is 13.2 Å². The molecule has 0 aliphatic heterocycles. The zero-order valence-corrected chi connectivity index (χ0v) is 13.1. The van der Waals surface area contributed by atoms with Crippen molar-refractivity contribution in [2.24, 2.45) is 0 Å². The first-order chi connectivity index (χ1) is 9.95. The van der Waals surface area contributed by atoms with E-state index in [4.69, 9.17) is 9.15 Å². The molecular weight excluding hydrogens is 272 g/mol. The summed E-state index contributed by atoms with van der Waals surface area (Å²) in [6.45, 7) is 8.19. The molecule has 6 heteroatoms. The fourth-order valence-electron chi connectivity index (χ4n) is 2.01. The van der Waals surface area contributed by atoms with Crippen LogP contribution in [0.3, 0.4) is 0 Å². The van der Waals surface area contributed by atoms with Crippen LogP contribution in [0.5, 0.6) is 0 Å². The number of hydrogen-bond donors (Lipinski definition) is 1. The summed E-state index contributed by atoms with van der Waals surface area (Å²) >= 11 is 0. The number of furan rings is 1. The Morgan fingerprint density at radius 2 is 2.10 bits per heavy atom. The Balaban J connectivity index is 2.56. The topological polar surface area (TPSA) is 71.8 Å². The highest BCUT2D eigenvalue weighted by Crippen LogP contribution is 2.07. The van der Waals surface area contributed by atoms with Crippen LogP contribution in [0.2, 0.25) is 0 Å². The van der Waals surface area contributed by atoms with E-state index in [0.717, 1.165) is 0 Å². The number of carbonyl (C=O) groups is 2. The minimum absolute atomic E-state index is 0.0544. The fraction of sp³-hybridized carbons (Fsp3) is 0.600. The normalized spacial score (nSPS) is 12.5. The van der Waals surface area contributed by atoms with Gasteiger partial charge in [0.1, 0.15) is 5.76 Å². The van der Waals surface area contributed by atoms with Crippen LogP contribution in [0.25, 0.3) is 0 Å². The molecule has 0 spiro atoms. The molecule has 1 heterocycles. The monoisotopic (exact) mass is 296 g/mol. The maximum Gasteiger partial charge on any atom is 0.320 e. The van der Waals surface area contributed by atoms with Crippen LogP contribution in [-0.2, 0) is 20.9 Å². The average molecular weight is 296 g/mol. The Kier molecular flexibility index (Phi) is 6.94. The van der Waals surface area contributed by atoms with E-state index in [9.17, 15) is 9.59 Å². The fourth-order valence-corrected chi connectivity index (χ4v) is 2.01. The second kappa shape index (κ2) is 8.46.